The van der Waals surface area contributed by atoms with Crippen LogP contribution in [0.2, 0.25) is 10.0 Å². The van der Waals surface area contributed by atoms with Gasteiger partial charge >= 0.3 is 0 Å². The molecule has 1 aromatic heterocycles. The van der Waals surface area contributed by atoms with Gasteiger partial charge in [0.05, 0.1) is 0 Å². The average Bonchev–Trinajstić information content (AvgIpc) is 2.85. The molecule has 0 bridgehead atoms. The van der Waals surface area contributed by atoms with Crippen LogP contribution >= 0.6 is 34.5 Å². The van der Waals surface area contributed by atoms with Gasteiger partial charge in [-0.2, -0.15) is 0 Å². The summed E-state index contributed by atoms with van der Waals surface area (Å²) in [5.74, 6) is -0.231. The van der Waals surface area contributed by atoms with E-state index in [1.165, 1.54) is 23.5 Å². The molecule has 0 saturated carbocycles. The highest BCUT2D eigenvalue weighted by Crippen LogP contribution is 2.32. The van der Waals surface area contributed by atoms with Crippen molar-refractivity contribution in [2.75, 3.05) is 0 Å². The summed E-state index contributed by atoms with van der Waals surface area (Å²) in [4.78, 5) is 1.02. The van der Waals surface area contributed by atoms with Crippen LogP contribution in [0.1, 0.15) is 16.5 Å². The van der Waals surface area contributed by atoms with Crippen LogP contribution in [-0.2, 0) is 6.42 Å². The second-order valence-corrected chi connectivity index (χ2v) is 6.84. The Morgan fingerprint density at radius 1 is 1.10 bits per heavy atom. The van der Waals surface area contributed by atoms with E-state index in [0.29, 0.717) is 16.5 Å². The van der Waals surface area contributed by atoms with Gasteiger partial charge in [-0.3, -0.25) is 0 Å². The lowest BCUT2D eigenvalue weighted by molar-refractivity contribution is 0.630. The molecule has 2 N–H and O–H groups in total. The molecule has 2 aromatic carbocycles. The third kappa shape index (κ3) is 3.22. The van der Waals surface area contributed by atoms with Crippen molar-refractivity contribution in [1.82, 2.24) is 0 Å². The molecule has 0 radical (unpaired) electrons. The molecule has 1 unspecified atom stereocenters. The smallest absolute Gasteiger partial charge is 0.124 e. The summed E-state index contributed by atoms with van der Waals surface area (Å²) in [6, 6.07) is 12.0. The minimum absolute atomic E-state index is 0.177. The van der Waals surface area contributed by atoms with Gasteiger partial charge in [-0.25, -0.2) is 4.39 Å². The quantitative estimate of drug-likeness (QED) is 0.661. The number of fused-ring (bicyclic) bond motifs is 1. The van der Waals surface area contributed by atoms with E-state index in [4.69, 9.17) is 28.9 Å². The molecule has 1 atom stereocenters. The van der Waals surface area contributed by atoms with E-state index < -0.39 is 0 Å². The van der Waals surface area contributed by atoms with Gasteiger partial charge in [0.25, 0.3) is 0 Å². The van der Waals surface area contributed by atoms with Crippen LogP contribution in [-0.4, -0.2) is 0 Å². The van der Waals surface area contributed by atoms with E-state index >= 15 is 0 Å². The van der Waals surface area contributed by atoms with Crippen LogP contribution in [0.25, 0.3) is 10.1 Å². The maximum absolute atomic E-state index is 13.2. The van der Waals surface area contributed by atoms with Gasteiger partial charge in [-0.1, -0.05) is 35.3 Å². The second kappa shape index (κ2) is 5.93. The predicted octanol–water partition coefficient (Wildman–Crippen LogP) is 5.59. The summed E-state index contributed by atoms with van der Waals surface area (Å²) >= 11 is 13.6. The monoisotopic (exact) mass is 339 g/mol. The van der Waals surface area contributed by atoms with E-state index in [9.17, 15) is 4.39 Å². The summed E-state index contributed by atoms with van der Waals surface area (Å²) in [5.41, 5.74) is 7.22. The molecule has 0 aliphatic rings. The largest absolute Gasteiger partial charge is 0.323 e. The van der Waals surface area contributed by atoms with Crippen molar-refractivity contribution in [1.29, 1.82) is 0 Å². The molecule has 21 heavy (non-hydrogen) atoms. The summed E-state index contributed by atoms with van der Waals surface area (Å²) < 4.78 is 14.1. The van der Waals surface area contributed by atoms with Gasteiger partial charge in [0.2, 0.25) is 0 Å². The zero-order valence-corrected chi connectivity index (χ0v) is 13.3. The number of benzene rings is 2. The van der Waals surface area contributed by atoms with Gasteiger partial charge in [-0.05, 0) is 47.7 Å². The van der Waals surface area contributed by atoms with Crippen molar-refractivity contribution >= 4 is 44.6 Å². The Hall–Kier alpha value is -1.13. The molecule has 0 fully saturated rings. The molecule has 0 saturated heterocycles. The van der Waals surface area contributed by atoms with Crippen LogP contribution in [0.3, 0.4) is 0 Å². The Labute approximate surface area is 136 Å². The highest BCUT2D eigenvalue weighted by atomic mass is 35.5. The zero-order valence-electron chi connectivity index (χ0n) is 10.9. The van der Waals surface area contributed by atoms with Gasteiger partial charge < -0.3 is 5.73 Å². The van der Waals surface area contributed by atoms with Gasteiger partial charge in [0.1, 0.15) is 5.82 Å². The average molecular weight is 340 g/mol. The standard InChI is InChI=1S/C16H12Cl2FNS/c17-11-3-1-9(13(18)7-11)5-14(20)16-6-10-2-4-12(19)8-15(10)21-16/h1-4,6-8,14H,5,20H2. The summed E-state index contributed by atoms with van der Waals surface area (Å²) in [5, 5.41) is 2.23. The molecule has 5 heteroatoms. The number of hydrogen-bond acceptors (Lipinski definition) is 2. The summed E-state index contributed by atoms with van der Waals surface area (Å²) in [6.07, 6.45) is 0.616. The van der Waals surface area contributed by atoms with Gasteiger partial charge in [0, 0.05) is 25.7 Å². The Balaban J connectivity index is 1.87. The van der Waals surface area contributed by atoms with Gasteiger partial charge in [0.15, 0.2) is 0 Å². The molecule has 3 aromatic rings. The molecule has 3 rings (SSSR count). The van der Waals surface area contributed by atoms with Crippen molar-refractivity contribution in [2.24, 2.45) is 5.73 Å². The van der Waals surface area contributed by atoms with Crippen LogP contribution in [0.5, 0.6) is 0 Å². The van der Waals surface area contributed by atoms with Crippen LogP contribution in [0, 0.1) is 5.82 Å². The normalized spacial score (nSPS) is 12.8. The molecule has 0 aliphatic heterocycles. The maximum atomic E-state index is 13.2. The molecular weight excluding hydrogens is 328 g/mol. The molecule has 0 aliphatic carbocycles. The first-order chi connectivity index (χ1) is 10.0. The number of rotatable bonds is 3. The number of hydrogen-bond donors (Lipinski definition) is 1. The first-order valence-electron chi connectivity index (χ1n) is 6.41. The van der Waals surface area contributed by atoms with E-state index in [2.05, 4.69) is 0 Å². The third-order valence-corrected chi connectivity index (χ3v) is 5.14. The van der Waals surface area contributed by atoms with Gasteiger partial charge in [-0.15, -0.1) is 11.3 Å². The van der Waals surface area contributed by atoms with Crippen LogP contribution in [0.15, 0.2) is 42.5 Å². The third-order valence-electron chi connectivity index (χ3n) is 3.32. The lowest BCUT2D eigenvalue weighted by Crippen LogP contribution is -2.11. The van der Waals surface area contributed by atoms with Crippen LogP contribution < -0.4 is 5.73 Å². The Kier molecular flexibility index (Phi) is 4.18. The van der Waals surface area contributed by atoms with Crippen molar-refractivity contribution in [3.63, 3.8) is 0 Å². The predicted molar refractivity (Wildman–Crippen MR) is 88.9 cm³/mol. The molecule has 1 nitrogen and oxygen atoms in total. The minimum Gasteiger partial charge on any atom is -0.323 e. The summed E-state index contributed by atoms with van der Waals surface area (Å²) in [7, 11) is 0. The summed E-state index contributed by atoms with van der Waals surface area (Å²) in [6.45, 7) is 0. The van der Waals surface area contributed by atoms with E-state index in [-0.39, 0.29) is 11.9 Å². The first-order valence-corrected chi connectivity index (χ1v) is 7.98. The molecule has 0 spiro atoms. The van der Waals surface area contributed by atoms with Crippen molar-refractivity contribution in [3.05, 3.63) is 68.8 Å². The molecular formula is C16H12Cl2FNS. The van der Waals surface area contributed by atoms with E-state index in [0.717, 1.165) is 20.5 Å². The fourth-order valence-electron chi connectivity index (χ4n) is 2.23. The SMILES string of the molecule is NC(Cc1ccc(Cl)cc1Cl)c1cc2ccc(F)cc2s1. The van der Waals surface area contributed by atoms with E-state index in [1.807, 2.05) is 12.1 Å². The second-order valence-electron chi connectivity index (χ2n) is 4.88. The fourth-order valence-corrected chi connectivity index (χ4v) is 3.81. The lowest BCUT2D eigenvalue weighted by atomic mass is 10.0. The van der Waals surface area contributed by atoms with Crippen molar-refractivity contribution in [3.8, 4) is 0 Å². The minimum atomic E-state index is -0.231. The molecule has 108 valence electrons. The number of nitrogens with two attached hydrogens (primary N) is 1. The van der Waals surface area contributed by atoms with Crippen LogP contribution in [0.4, 0.5) is 4.39 Å². The van der Waals surface area contributed by atoms with Crippen molar-refractivity contribution in [2.45, 2.75) is 12.5 Å². The molecule has 1 heterocycles. The van der Waals surface area contributed by atoms with Crippen molar-refractivity contribution < 1.29 is 4.39 Å². The maximum Gasteiger partial charge on any atom is 0.124 e. The Bertz CT molecular complexity index is 800. The number of halogens is 3. The Morgan fingerprint density at radius 3 is 2.67 bits per heavy atom. The Morgan fingerprint density at radius 2 is 1.90 bits per heavy atom. The molecule has 0 amide bonds. The highest BCUT2D eigenvalue weighted by Gasteiger charge is 2.13. The lowest BCUT2D eigenvalue weighted by Gasteiger charge is -2.11. The van der Waals surface area contributed by atoms with E-state index in [1.54, 1.807) is 18.2 Å². The fraction of sp³-hybridized carbons (Fsp3) is 0.125. The first kappa shape index (κ1) is 14.8. The topological polar surface area (TPSA) is 26.0 Å². The zero-order chi connectivity index (χ0) is 15.0. The highest BCUT2D eigenvalue weighted by molar-refractivity contribution is 7.19. The number of thiophene rings is 1.